The largest absolute Gasteiger partial charge is 0.348 e. The van der Waals surface area contributed by atoms with Gasteiger partial charge in [0.25, 0.3) is 0 Å². The lowest BCUT2D eigenvalue weighted by atomic mass is 9.83. The molecule has 1 saturated heterocycles. The molecular formula is C21H20N4O2. The molecule has 6 heteroatoms. The molecule has 1 fully saturated rings. The number of nitrogens with zero attached hydrogens (tertiary/aromatic N) is 1. The molecule has 1 aromatic heterocycles. The Labute approximate surface area is 157 Å². The molecule has 0 spiro atoms. The fourth-order valence-corrected chi connectivity index (χ4v) is 3.54. The first kappa shape index (κ1) is 17.0. The summed E-state index contributed by atoms with van der Waals surface area (Å²) < 4.78 is 0. The van der Waals surface area contributed by atoms with Gasteiger partial charge < -0.3 is 15.6 Å². The van der Waals surface area contributed by atoms with Gasteiger partial charge in [-0.05, 0) is 11.1 Å². The van der Waals surface area contributed by atoms with Gasteiger partial charge >= 0.3 is 0 Å². The first-order valence-electron chi connectivity index (χ1n) is 8.90. The van der Waals surface area contributed by atoms with Crippen LogP contribution in [0, 0.1) is 0 Å². The number of aromatic nitrogens is 2. The summed E-state index contributed by atoms with van der Waals surface area (Å²) in [4.78, 5) is 32.5. The number of benzene rings is 2. The molecule has 0 radical (unpaired) electrons. The van der Waals surface area contributed by atoms with E-state index in [1.807, 2.05) is 60.7 Å². The summed E-state index contributed by atoms with van der Waals surface area (Å²) in [5.74, 6) is -0.632. The molecular weight excluding hydrogens is 340 g/mol. The zero-order chi connectivity index (χ0) is 18.6. The normalized spacial score (nSPS) is 19.6. The highest BCUT2D eigenvalue weighted by molar-refractivity contribution is 5.98. The summed E-state index contributed by atoms with van der Waals surface area (Å²) in [6.07, 6.45) is 3.59. The van der Waals surface area contributed by atoms with E-state index in [2.05, 4.69) is 20.6 Å². The average Bonchev–Trinajstić information content (AvgIpc) is 3.21. The maximum absolute atomic E-state index is 12.9. The number of carbonyl (C=O) groups is 2. The number of carbonyl (C=O) groups excluding carboxylic acids is 2. The van der Waals surface area contributed by atoms with Gasteiger partial charge in [0.15, 0.2) is 0 Å². The van der Waals surface area contributed by atoms with E-state index in [-0.39, 0.29) is 17.7 Å². The quantitative estimate of drug-likeness (QED) is 0.648. The Morgan fingerprint density at radius 2 is 1.48 bits per heavy atom. The molecule has 0 aliphatic carbocycles. The lowest BCUT2D eigenvalue weighted by Gasteiger charge is -2.34. The second-order valence-corrected chi connectivity index (χ2v) is 6.63. The second-order valence-electron chi connectivity index (χ2n) is 6.63. The maximum atomic E-state index is 12.9. The third-order valence-electron chi connectivity index (χ3n) is 4.84. The van der Waals surface area contributed by atoms with E-state index in [1.54, 1.807) is 12.5 Å². The van der Waals surface area contributed by atoms with Gasteiger partial charge in [0, 0.05) is 24.2 Å². The van der Waals surface area contributed by atoms with Crippen LogP contribution in [0.3, 0.4) is 0 Å². The number of imidazole rings is 1. The lowest BCUT2D eigenvalue weighted by molar-refractivity contribution is -0.137. The highest BCUT2D eigenvalue weighted by atomic mass is 16.2. The van der Waals surface area contributed by atoms with Crippen LogP contribution in [0.25, 0.3) is 0 Å². The molecule has 0 unspecified atom stereocenters. The molecule has 1 aliphatic rings. The fraction of sp³-hybridized carbons (Fsp3) is 0.190. The number of hydrogen-bond acceptors (Lipinski definition) is 3. The third kappa shape index (κ3) is 3.60. The highest BCUT2D eigenvalue weighted by Crippen LogP contribution is 2.29. The number of hydrogen-bond donors (Lipinski definition) is 3. The Kier molecular flexibility index (Phi) is 4.70. The predicted molar refractivity (Wildman–Crippen MR) is 101 cm³/mol. The van der Waals surface area contributed by atoms with E-state index in [4.69, 9.17) is 0 Å². The Bertz CT molecular complexity index is 870. The molecule has 27 heavy (non-hydrogen) atoms. The van der Waals surface area contributed by atoms with Crippen molar-refractivity contribution in [1.29, 1.82) is 0 Å². The van der Waals surface area contributed by atoms with Crippen molar-refractivity contribution >= 4 is 11.8 Å². The number of piperazine rings is 1. The van der Waals surface area contributed by atoms with Gasteiger partial charge in [0.2, 0.25) is 11.8 Å². The van der Waals surface area contributed by atoms with Gasteiger partial charge in [-0.2, -0.15) is 0 Å². The molecule has 3 aromatic rings. The van der Waals surface area contributed by atoms with E-state index in [0.29, 0.717) is 6.42 Å². The predicted octanol–water partition coefficient (Wildman–Crippen LogP) is 1.77. The summed E-state index contributed by atoms with van der Waals surface area (Å²) in [5, 5.41) is 5.82. The Morgan fingerprint density at radius 3 is 2.04 bits per heavy atom. The molecule has 0 bridgehead atoms. The average molecular weight is 360 g/mol. The van der Waals surface area contributed by atoms with Crippen molar-refractivity contribution in [3.8, 4) is 0 Å². The fourth-order valence-electron chi connectivity index (χ4n) is 3.54. The van der Waals surface area contributed by atoms with Gasteiger partial charge in [-0.3, -0.25) is 9.59 Å². The van der Waals surface area contributed by atoms with Crippen molar-refractivity contribution in [1.82, 2.24) is 20.6 Å². The van der Waals surface area contributed by atoms with Crippen LogP contribution in [0.15, 0.2) is 73.2 Å². The summed E-state index contributed by atoms with van der Waals surface area (Å²) in [7, 11) is 0. The number of rotatable bonds is 5. The zero-order valence-corrected chi connectivity index (χ0v) is 14.6. The molecule has 1 aliphatic heterocycles. The molecule has 3 N–H and O–H groups in total. The Morgan fingerprint density at radius 1 is 0.852 bits per heavy atom. The van der Waals surface area contributed by atoms with Gasteiger partial charge in [-0.25, -0.2) is 4.98 Å². The SMILES string of the molecule is O=C1N[C@@H](C(c2ccccc2)c2ccccc2)C(=O)N[C@H]1Cc1cnc[nH]1. The number of nitrogens with one attached hydrogen (secondary N) is 3. The maximum Gasteiger partial charge on any atom is 0.244 e. The molecule has 136 valence electrons. The lowest BCUT2D eigenvalue weighted by Crippen LogP contribution is -2.64. The molecule has 2 heterocycles. The van der Waals surface area contributed by atoms with Crippen LogP contribution in [0.5, 0.6) is 0 Å². The Hall–Kier alpha value is -3.41. The molecule has 0 saturated carbocycles. The molecule has 2 aromatic carbocycles. The van der Waals surface area contributed by atoms with Crippen molar-refractivity contribution in [2.75, 3.05) is 0 Å². The van der Waals surface area contributed by atoms with Crippen molar-refractivity contribution in [2.45, 2.75) is 24.4 Å². The first-order chi connectivity index (χ1) is 13.2. The van der Waals surface area contributed by atoms with Crippen molar-refractivity contribution in [3.05, 3.63) is 90.0 Å². The highest BCUT2D eigenvalue weighted by Gasteiger charge is 2.39. The minimum atomic E-state index is -0.666. The summed E-state index contributed by atoms with van der Waals surface area (Å²) in [5.41, 5.74) is 2.77. The Balaban J connectivity index is 1.61. The van der Waals surface area contributed by atoms with E-state index in [0.717, 1.165) is 16.8 Å². The number of aromatic amines is 1. The first-order valence-corrected chi connectivity index (χ1v) is 8.90. The van der Waals surface area contributed by atoms with Gasteiger partial charge in [-0.15, -0.1) is 0 Å². The van der Waals surface area contributed by atoms with Crippen LogP contribution in [-0.2, 0) is 16.0 Å². The van der Waals surface area contributed by atoms with Crippen LogP contribution >= 0.6 is 0 Å². The standard InChI is InChI=1S/C21H20N4O2/c26-20-17(11-16-12-22-13-23-16)24-21(27)19(25-20)18(14-7-3-1-4-8-14)15-9-5-2-6-10-15/h1-10,12-13,17-19H,11H2,(H,22,23)(H,24,27)(H,25,26)/t17-,19-/m0/s1. The van der Waals surface area contributed by atoms with Crippen molar-refractivity contribution in [3.63, 3.8) is 0 Å². The minimum absolute atomic E-state index is 0.183. The number of amides is 2. The molecule has 2 amide bonds. The van der Waals surface area contributed by atoms with Crippen molar-refractivity contribution < 1.29 is 9.59 Å². The smallest absolute Gasteiger partial charge is 0.244 e. The number of H-pyrrole nitrogens is 1. The van der Waals surface area contributed by atoms with E-state index >= 15 is 0 Å². The minimum Gasteiger partial charge on any atom is -0.348 e. The van der Waals surface area contributed by atoms with Gasteiger partial charge in [0.05, 0.1) is 6.33 Å². The van der Waals surface area contributed by atoms with Gasteiger partial charge in [-0.1, -0.05) is 60.7 Å². The van der Waals surface area contributed by atoms with E-state index in [1.165, 1.54) is 0 Å². The summed E-state index contributed by atoms with van der Waals surface area (Å²) in [6, 6.07) is 18.3. The monoisotopic (exact) mass is 360 g/mol. The van der Waals surface area contributed by atoms with Crippen LogP contribution < -0.4 is 10.6 Å². The van der Waals surface area contributed by atoms with Gasteiger partial charge in [0.1, 0.15) is 12.1 Å². The topological polar surface area (TPSA) is 86.9 Å². The van der Waals surface area contributed by atoms with Crippen LogP contribution in [0.2, 0.25) is 0 Å². The molecule has 6 nitrogen and oxygen atoms in total. The molecule has 2 atom stereocenters. The van der Waals surface area contributed by atoms with Crippen LogP contribution in [0.1, 0.15) is 22.7 Å². The van der Waals surface area contributed by atoms with Crippen LogP contribution in [-0.4, -0.2) is 33.9 Å². The van der Waals surface area contributed by atoms with E-state index in [9.17, 15) is 9.59 Å². The summed E-state index contributed by atoms with van der Waals surface area (Å²) in [6.45, 7) is 0. The third-order valence-corrected chi connectivity index (χ3v) is 4.84. The molecule has 4 rings (SSSR count). The zero-order valence-electron chi connectivity index (χ0n) is 14.6. The second kappa shape index (κ2) is 7.45. The van der Waals surface area contributed by atoms with Crippen molar-refractivity contribution in [2.24, 2.45) is 0 Å². The summed E-state index contributed by atoms with van der Waals surface area (Å²) >= 11 is 0. The van der Waals surface area contributed by atoms with E-state index < -0.39 is 12.1 Å². The van der Waals surface area contributed by atoms with Crippen LogP contribution in [0.4, 0.5) is 0 Å².